The number of amides is 5. The van der Waals surface area contributed by atoms with E-state index in [0.717, 1.165) is 29.7 Å². The van der Waals surface area contributed by atoms with Crippen LogP contribution in [0.15, 0.2) is 114 Å². The number of para-hydroxylation sites is 2. The Kier molecular flexibility index (Phi) is 16.1. The number of nitrogens with one attached hydrogen (secondary N) is 3. The number of hydrogen-bond donors (Lipinski definition) is 3. The molecule has 0 bridgehead atoms. The van der Waals surface area contributed by atoms with Gasteiger partial charge in [-0.1, -0.05) is 86.6 Å². The second-order valence-corrected chi connectivity index (χ2v) is 12.7. The first-order valence-corrected chi connectivity index (χ1v) is 18.3. The van der Waals surface area contributed by atoms with Crippen LogP contribution in [0.25, 0.3) is 11.5 Å². The Labute approximate surface area is 335 Å². The minimum absolute atomic E-state index is 0.155. The highest BCUT2D eigenvalue weighted by Gasteiger charge is 2.39. The first-order chi connectivity index (χ1) is 28.1. The van der Waals surface area contributed by atoms with Gasteiger partial charge in [-0.3, -0.25) is 19.4 Å². The summed E-state index contributed by atoms with van der Waals surface area (Å²) in [5.41, 5.74) is 3.46. The number of nitrogens with zero attached hydrogens (tertiary/aromatic N) is 4. The average molecular weight is 826 g/mol. The number of urea groups is 2. The van der Waals surface area contributed by atoms with Gasteiger partial charge < -0.3 is 20.4 Å². The third kappa shape index (κ3) is 13.7. The summed E-state index contributed by atoms with van der Waals surface area (Å²) >= 11 is 0. The van der Waals surface area contributed by atoms with Crippen molar-refractivity contribution in [2.45, 2.75) is 52.1 Å². The molecule has 0 radical (unpaired) electrons. The number of Topliss-reactive ketones (excluding diaryl/α,β-unsaturated/α-hetero) is 1. The number of carbonyl (C=O) groups excluding carboxylic acids is 4. The van der Waals surface area contributed by atoms with Crippen molar-refractivity contribution in [1.29, 1.82) is 0 Å². The molecule has 0 aliphatic heterocycles. The normalized spacial score (nSPS) is 11.1. The molecule has 59 heavy (non-hydrogen) atoms. The second-order valence-electron chi connectivity index (χ2n) is 12.7. The zero-order valence-electron chi connectivity index (χ0n) is 31.9. The van der Waals surface area contributed by atoms with Crippen molar-refractivity contribution in [2.75, 3.05) is 29.4 Å². The molecular formula is C41H41F6N7O5. The number of halogens is 6. The van der Waals surface area contributed by atoms with Crippen LogP contribution in [-0.4, -0.2) is 59.8 Å². The van der Waals surface area contributed by atoms with E-state index in [2.05, 4.69) is 25.2 Å². The Morgan fingerprint density at radius 3 is 1.47 bits per heavy atom. The molecule has 4 aromatic carbocycles. The van der Waals surface area contributed by atoms with Crippen LogP contribution in [0.3, 0.4) is 0 Å². The van der Waals surface area contributed by atoms with Crippen LogP contribution in [-0.2, 0) is 24.1 Å². The summed E-state index contributed by atoms with van der Waals surface area (Å²) in [6, 6.07) is 30.5. The fourth-order valence-corrected chi connectivity index (χ4v) is 5.16. The zero-order chi connectivity index (χ0) is 43.0. The number of hydrogen-bond acceptors (Lipinski definition) is 7. The van der Waals surface area contributed by atoms with Gasteiger partial charge in [0.15, 0.2) is 5.78 Å². The summed E-state index contributed by atoms with van der Waals surface area (Å²) in [6.07, 6.45) is -8.13. The number of aromatic nitrogens is 2. The summed E-state index contributed by atoms with van der Waals surface area (Å²) in [4.78, 5) is 51.1. The van der Waals surface area contributed by atoms with Gasteiger partial charge in [0, 0.05) is 35.6 Å². The van der Waals surface area contributed by atoms with Gasteiger partial charge in [0.25, 0.3) is 0 Å². The van der Waals surface area contributed by atoms with Gasteiger partial charge >= 0.3 is 36.2 Å². The lowest BCUT2D eigenvalue weighted by molar-refractivity contribution is -0.173. The summed E-state index contributed by atoms with van der Waals surface area (Å²) in [5.74, 6) is -4.42. The van der Waals surface area contributed by atoms with Crippen molar-refractivity contribution in [3.63, 3.8) is 0 Å². The molecule has 0 aliphatic carbocycles. The van der Waals surface area contributed by atoms with Crippen molar-refractivity contribution >= 4 is 35.1 Å². The van der Waals surface area contributed by atoms with E-state index in [1.807, 2.05) is 62.4 Å². The third-order valence-electron chi connectivity index (χ3n) is 8.17. The van der Waals surface area contributed by atoms with Gasteiger partial charge in [0.2, 0.25) is 5.89 Å². The average Bonchev–Trinajstić information content (AvgIpc) is 3.75. The topological polar surface area (TPSA) is 150 Å². The first-order valence-electron chi connectivity index (χ1n) is 18.3. The van der Waals surface area contributed by atoms with Gasteiger partial charge in [-0.15, -0.1) is 10.2 Å². The minimum atomic E-state index is -5.04. The molecule has 5 rings (SSSR count). The number of alkyl halides is 6. The molecule has 0 saturated heterocycles. The van der Waals surface area contributed by atoms with Crippen molar-refractivity contribution in [3.05, 3.63) is 132 Å². The van der Waals surface area contributed by atoms with Crippen molar-refractivity contribution in [1.82, 2.24) is 26.1 Å². The maximum absolute atomic E-state index is 12.6. The lowest BCUT2D eigenvalue weighted by Crippen LogP contribution is -2.40. The van der Waals surface area contributed by atoms with E-state index in [9.17, 15) is 45.5 Å². The van der Waals surface area contributed by atoms with Crippen LogP contribution in [0.4, 0.5) is 47.3 Å². The molecular weight excluding hydrogens is 784 g/mol. The van der Waals surface area contributed by atoms with E-state index in [0.29, 0.717) is 24.3 Å². The Morgan fingerprint density at radius 2 is 1.07 bits per heavy atom. The fourth-order valence-electron chi connectivity index (χ4n) is 5.16. The van der Waals surface area contributed by atoms with Gasteiger partial charge in [-0.25, -0.2) is 9.59 Å². The molecule has 18 heteroatoms. The van der Waals surface area contributed by atoms with E-state index in [1.54, 1.807) is 63.6 Å². The Balaban J connectivity index is 0.000000261. The Hall–Kier alpha value is -6.72. The van der Waals surface area contributed by atoms with Gasteiger partial charge in [-0.05, 0) is 60.4 Å². The predicted molar refractivity (Wildman–Crippen MR) is 207 cm³/mol. The van der Waals surface area contributed by atoms with E-state index >= 15 is 0 Å². The smallest absolute Gasteiger partial charge is 0.413 e. The summed E-state index contributed by atoms with van der Waals surface area (Å²) < 4.78 is 79.1. The SMILES string of the molecule is CCCNC(=O)N(Cc1ccc(-c2nnc(C(F)(F)F)o2)cc1)c1ccccc1.CCCNC(=O)N(Cc1ccc(C(=O)CNC(=O)C(F)(F)F)cc1)c1ccccc1. The highest BCUT2D eigenvalue weighted by molar-refractivity contribution is 6.00. The molecule has 0 unspecified atom stereocenters. The standard InChI is InChI=1S/C21H22F3N3O3.C20H19F3N4O2/c1-2-12-25-20(30)27(17-6-4-3-5-7-17)14-15-8-10-16(11-9-15)18(28)13-26-19(29)21(22,23)24;1-2-12-24-19(28)27(16-6-4-3-5-7-16)13-14-8-10-15(11-9-14)17-25-26-18(29-17)20(21,22)23/h3-11H,2,12-14H2,1H3,(H,25,30)(H,26,29);3-11H,2,12-13H2,1H3,(H,24,28). The summed E-state index contributed by atoms with van der Waals surface area (Å²) in [7, 11) is 0. The number of rotatable bonds is 14. The van der Waals surface area contributed by atoms with E-state index in [4.69, 9.17) is 0 Å². The van der Waals surface area contributed by atoms with Crippen LogP contribution in [0.2, 0.25) is 0 Å². The number of carbonyl (C=O) groups is 4. The lowest BCUT2D eigenvalue weighted by Gasteiger charge is -2.23. The van der Waals surface area contributed by atoms with Gasteiger partial charge in [0.1, 0.15) is 0 Å². The van der Waals surface area contributed by atoms with E-state index < -0.39 is 36.5 Å². The number of anilines is 2. The molecule has 12 nitrogen and oxygen atoms in total. The molecule has 5 aromatic rings. The maximum atomic E-state index is 12.6. The molecule has 0 fully saturated rings. The largest absolute Gasteiger partial charge is 0.471 e. The molecule has 3 N–H and O–H groups in total. The first kappa shape index (κ1) is 45.0. The molecule has 5 amide bonds. The fraction of sp³-hybridized carbons (Fsp3) is 0.268. The molecule has 0 aliphatic rings. The van der Waals surface area contributed by atoms with Gasteiger partial charge in [-0.2, -0.15) is 26.3 Å². The van der Waals surface area contributed by atoms with E-state index in [1.165, 1.54) is 12.1 Å². The summed E-state index contributed by atoms with van der Waals surface area (Å²) in [6.45, 7) is 4.76. The minimum Gasteiger partial charge on any atom is -0.413 e. The Morgan fingerprint density at radius 1 is 0.610 bits per heavy atom. The van der Waals surface area contributed by atoms with Crippen molar-refractivity contribution in [3.8, 4) is 11.5 Å². The molecule has 1 aromatic heterocycles. The molecule has 1 heterocycles. The van der Waals surface area contributed by atoms with E-state index in [-0.39, 0.29) is 36.6 Å². The molecule has 312 valence electrons. The van der Waals surface area contributed by atoms with Gasteiger partial charge in [0.05, 0.1) is 19.6 Å². The van der Waals surface area contributed by atoms with Crippen LogP contribution in [0.1, 0.15) is 54.1 Å². The molecule has 0 atom stereocenters. The Bertz CT molecular complexity index is 2110. The van der Waals surface area contributed by atoms with Crippen molar-refractivity contribution in [2.24, 2.45) is 0 Å². The summed E-state index contributed by atoms with van der Waals surface area (Å²) in [5, 5.41) is 13.7. The van der Waals surface area contributed by atoms with Crippen LogP contribution < -0.4 is 25.8 Å². The van der Waals surface area contributed by atoms with Crippen molar-refractivity contribution < 1.29 is 49.9 Å². The van der Waals surface area contributed by atoms with Crippen LogP contribution in [0.5, 0.6) is 0 Å². The highest BCUT2D eigenvalue weighted by atomic mass is 19.4. The maximum Gasteiger partial charge on any atom is 0.471 e. The van der Waals surface area contributed by atoms with Crippen LogP contribution in [0, 0.1) is 0 Å². The quantitative estimate of drug-likeness (QED) is 0.0751. The lowest BCUT2D eigenvalue weighted by atomic mass is 10.1. The monoisotopic (exact) mass is 825 g/mol. The highest BCUT2D eigenvalue weighted by Crippen LogP contribution is 2.30. The zero-order valence-corrected chi connectivity index (χ0v) is 31.9. The number of benzene rings is 4. The predicted octanol–water partition coefficient (Wildman–Crippen LogP) is 8.56. The number of ketones is 1. The molecule has 0 saturated carbocycles. The van der Waals surface area contributed by atoms with Crippen LogP contribution >= 0.6 is 0 Å². The third-order valence-corrected chi connectivity index (χ3v) is 8.17. The second kappa shape index (κ2) is 21.2. The molecule has 0 spiro atoms.